The number of nitrogens with zero attached hydrogens (tertiary/aromatic N) is 4. The molecule has 1 aliphatic rings. The van der Waals surface area contributed by atoms with Crippen molar-refractivity contribution in [2.75, 3.05) is 13.2 Å². The first-order chi connectivity index (χ1) is 10.2. The van der Waals surface area contributed by atoms with Gasteiger partial charge in [-0.15, -0.1) is 0 Å². The van der Waals surface area contributed by atoms with E-state index in [1.807, 2.05) is 4.90 Å². The molecule has 2 aromatic rings. The molecule has 8 heteroatoms. The van der Waals surface area contributed by atoms with Gasteiger partial charge in [0.05, 0.1) is 18.8 Å². The Labute approximate surface area is 120 Å². The van der Waals surface area contributed by atoms with Crippen molar-refractivity contribution >= 4 is 11.7 Å². The van der Waals surface area contributed by atoms with E-state index >= 15 is 0 Å². The lowest BCUT2D eigenvalue weighted by Crippen LogP contribution is -2.33. The molecular formula is C13H17N5O3. The van der Waals surface area contributed by atoms with Crippen molar-refractivity contribution < 1.29 is 9.53 Å². The van der Waals surface area contributed by atoms with Crippen molar-refractivity contribution in [1.82, 2.24) is 24.5 Å². The summed E-state index contributed by atoms with van der Waals surface area (Å²) in [5, 5.41) is 2.70. The summed E-state index contributed by atoms with van der Waals surface area (Å²) >= 11 is 0. The van der Waals surface area contributed by atoms with E-state index in [1.165, 1.54) is 16.9 Å². The first-order valence-corrected chi connectivity index (χ1v) is 6.99. The van der Waals surface area contributed by atoms with Gasteiger partial charge in [-0.3, -0.25) is 19.6 Å². The molecule has 8 nitrogen and oxygen atoms in total. The first-order valence-electron chi connectivity index (χ1n) is 6.99. The number of H-pyrrole nitrogens is 1. The van der Waals surface area contributed by atoms with Gasteiger partial charge < -0.3 is 4.74 Å². The van der Waals surface area contributed by atoms with Gasteiger partial charge in [-0.25, -0.2) is 9.97 Å². The number of nitrogens with one attached hydrogen (secondary N) is 1. The third kappa shape index (κ3) is 3.10. The van der Waals surface area contributed by atoms with Crippen LogP contribution in [0.5, 0.6) is 0 Å². The molecule has 0 saturated heterocycles. The number of carbonyl (C=O) groups is 1. The summed E-state index contributed by atoms with van der Waals surface area (Å²) in [5.74, 6) is 0.0892. The number of carbonyl (C=O) groups excluding carboxylic acids is 1. The van der Waals surface area contributed by atoms with Gasteiger partial charge in [-0.05, 0) is 19.8 Å². The zero-order valence-corrected chi connectivity index (χ0v) is 11.8. The Morgan fingerprint density at radius 2 is 2.38 bits per heavy atom. The summed E-state index contributed by atoms with van der Waals surface area (Å²) in [6.07, 6.45) is 3.54. The fourth-order valence-electron chi connectivity index (χ4n) is 2.28. The van der Waals surface area contributed by atoms with Crippen LogP contribution in [0.2, 0.25) is 0 Å². The van der Waals surface area contributed by atoms with E-state index in [0.29, 0.717) is 30.7 Å². The number of aromatic amines is 1. The molecule has 21 heavy (non-hydrogen) atoms. The van der Waals surface area contributed by atoms with Crippen LogP contribution in [0.1, 0.15) is 25.5 Å². The molecule has 0 spiro atoms. The number of hydrogen-bond acceptors (Lipinski definition) is 6. The molecule has 0 radical (unpaired) electrons. The van der Waals surface area contributed by atoms with Crippen LogP contribution in [0.15, 0.2) is 17.2 Å². The summed E-state index contributed by atoms with van der Waals surface area (Å²) < 4.78 is 6.26. The molecule has 0 unspecified atom stereocenters. The van der Waals surface area contributed by atoms with Crippen molar-refractivity contribution in [3.8, 4) is 0 Å². The van der Waals surface area contributed by atoms with Crippen LogP contribution < -0.4 is 5.56 Å². The molecule has 1 fully saturated rings. The summed E-state index contributed by atoms with van der Waals surface area (Å²) in [4.78, 5) is 33.9. The molecule has 0 atom stereocenters. The Bertz CT molecular complexity index is 703. The normalized spacial score (nSPS) is 14.8. The molecule has 2 aromatic heterocycles. The highest BCUT2D eigenvalue weighted by atomic mass is 16.5. The lowest BCUT2D eigenvalue weighted by atomic mass is 10.3. The maximum absolute atomic E-state index is 11.9. The van der Waals surface area contributed by atoms with E-state index in [1.54, 1.807) is 6.92 Å². The Balaban J connectivity index is 1.77. The highest BCUT2D eigenvalue weighted by molar-refractivity contribution is 5.71. The van der Waals surface area contributed by atoms with Gasteiger partial charge in [0.2, 0.25) is 0 Å². The van der Waals surface area contributed by atoms with Crippen LogP contribution in [0, 0.1) is 0 Å². The highest BCUT2D eigenvalue weighted by Gasteiger charge is 2.31. The first kappa shape index (κ1) is 13.7. The zero-order chi connectivity index (χ0) is 14.8. The lowest BCUT2D eigenvalue weighted by molar-refractivity contribution is -0.144. The Morgan fingerprint density at radius 1 is 1.57 bits per heavy atom. The van der Waals surface area contributed by atoms with Crippen LogP contribution in [0.3, 0.4) is 0 Å². The SMILES string of the molecule is CCOC(=O)CN(Cc1cc(=O)n2[nH]cnc2n1)C1CC1. The second-order valence-corrected chi connectivity index (χ2v) is 5.05. The molecule has 1 N–H and O–H groups in total. The number of rotatable bonds is 6. The van der Waals surface area contributed by atoms with Crippen LogP contribution >= 0.6 is 0 Å². The van der Waals surface area contributed by atoms with Gasteiger partial charge in [0.1, 0.15) is 6.33 Å². The Hall–Kier alpha value is -2.22. The van der Waals surface area contributed by atoms with E-state index < -0.39 is 0 Å². The van der Waals surface area contributed by atoms with Crippen LogP contribution in [0.25, 0.3) is 5.78 Å². The number of ether oxygens (including phenoxy) is 1. The zero-order valence-electron chi connectivity index (χ0n) is 11.8. The summed E-state index contributed by atoms with van der Waals surface area (Å²) in [5.41, 5.74) is 0.405. The minimum absolute atomic E-state index is 0.209. The van der Waals surface area contributed by atoms with Crippen molar-refractivity contribution in [2.45, 2.75) is 32.4 Å². The topological polar surface area (TPSA) is 92.6 Å². The second kappa shape index (κ2) is 5.65. The average Bonchev–Trinajstić information content (AvgIpc) is 3.17. The average molecular weight is 291 g/mol. The standard InChI is InChI=1S/C13H17N5O3/c1-2-21-12(20)7-17(10-3-4-10)6-9-5-11(19)18-13(16-9)14-8-15-18/h5,8,10H,2-4,6-7H2,1H3,(H,14,15,16). The number of esters is 1. The molecule has 1 aliphatic carbocycles. The lowest BCUT2D eigenvalue weighted by Gasteiger charge is -2.20. The molecule has 1 saturated carbocycles. The molecule has 0 bridgehead atoms. The van der Waals surface area contributed by atoms with Crippen molar-refractivity contribution in [2.24, 2.45) is 0 Å². The minimum Gasteiger partial charge on any atom is -0.465 e. The number of fused-ring (bicyclic) bond motifs is 1. The summed E-state index contributed by atoms with van der Waals surface area (Å²) in [7, 11) is 0. The number of aromatic nitrogens is 4. The van der Waals surface area contributed by atoms with E-state index in [9.17, 15) is 9.59 Å². The van der Waals surface area contributed by atoms with Gasteiger partial charge in [-0.2, -0.15) is 4.52 Å². The van der Waals surface area contributed by atoms with Gasteiger partial charge >= 0.3 is 5.97 Å². The maximum Gasteiger partial charge on any atom is 0.320 e. The maximum atomic E-state index is 11.9. The van der Waals surface area contributed by atoms with Gasteiger partial charge in [0, 0.05) is 18.7 Å². The van der Waals surface area contributed by atoms with Crippen molar-refractivity contribution in [1.29, 1.82) is 0 Å². The van der Waals surface area contributed by atoms with Crippen molar-refractivity contribution in [3.05, 3.63) is 28.4 Å². The predicted molar refractivity (Wildman–Crippen MR) is 73.7 cm³/mol. The van der Waals surface area contributed by atoms with Crippen LogP contribution in [-0.2, 0) is 16.1 Å². The van der Waals surface area contributed by atoms with Gasteiger partial charge in [-0.1, -0.05) is 0 Å². The molecule has 3 rings (SSSR count). The Morgan fingerprint density at radius 3 is 3.10 bits per heavy atom. The van der Waals surface area contributed by atoms with E-state index in [0.717, 1.165) is 12.8 Å². The van der Waals surface area contributed by atoms with E-state index in [-0.39, 0.29) is 18.1 Å². The second-order valence-electron chi connectivity index (χ2n) is 5.05. The third-order valence-electron chi connectivity index (χ3n) is 3.39. The van der Waals surface area contributed by atoms with Crippen LogP contribution in [0.4, 0.5) is 0 Å². The van der Waals surface area contributed by atoms with Gasteiger partial charge in [0.25, 0.3) is 11.3 Å². The summed E-state index contributed by atoms with van der Waals surface area (Å²) in [6.45, 7) is 2.83. The smallest absolute Gasteiger partial charge is 0.320 e. The number of hydrogen-bond donors (Lipinski definition) is 1. The summed E-state index contributed by atoms with van der Waals surface area (Å²) in [6, 6.07) is 1.83. The minimum atomic E-state index is -0.248. The Kier molecular flexibility index (Phi) is 3.70. The molecule has 0 aliphatic heterocycles. The fraction of sp³-hybridized carbons (Fsp3) is 0.538. The monoisotopic (exact) mass is 291 g/mol. The molecule has 0 amide bonds. The molecule has 2 heterocycles. The van der Waals surface area contributed by atoms with E-state index in [4.69, 9.17) is 4.74 Å². The van der Waals surface area contributed by atoms with E-state index in [2.05, 4.69) is 15.1 Å². The molecule has 0 aromatic carbocycles. The highest BCUT2D eigenvalue weighted by Crippen LogP contribution is 2.27. The molecular weight excluding hydrogens is 274 g/mol. The third-order valence-corrected chi connectivity index (χ3v) is 3.39. The quantitative estimate of drug-likeness (QED) is 0.750. The van der Waals surface area contributed by atoms with Crippen LogP contribution in [-0.4, -0.2) is 49.6 Å². The van der Waals surface area contributed by atoms with Gasteiger partial charge in [0.15, 0.2) is 0 Å². The molecule has 112 valence electrons. The predicted octanol–water partition coefficient (Wildman–Crippen LogP) is -0.0549. The fourth-order valence-corrected chi connectivity index (χ4v) is 2.28. The largest absolute Gasteiger partial charge is 0.465 e. The van der Waals surface area contributed by atoms with Crippen molar-refractivity contribution in [3.63, 3.8) is 0 Å².